The molecule has 0 atom stereocenters. The first-order chi connectivity index (χ1) is 9.12. The third kappa shape index (κ3) is 3.63. The molecule has 0 unspecified atom stereocenters. The molecule has 0 amide bonds. The van der Waals surface area contributed by atoms with E-state index >= 15 is 0 Å². The molecule has 0 aliphatic rings. The second kappa shape index (κ2) is 5.96. The van der Waals surface area contributed by atoms with E-state index in [1.807, 2.05) is 13.1 Å². The van der Waals surface area contributed by atoms with Crippen LogP contribution in [0.25, 0.3) is 0 Å². The first-order valence-electron chi connectivity index (χ1n) is 5.74. The van der Waals surface area contributed by atoms with E-state index in [9.17, 15) is 8.42 Å². The number of sulfonamides is 1. The van der Waals surface area contributed by atoms with E-state index in [1.165, 1.54) is 6.20 Å². The van der Waals surface area contributed by atoms with Gasteiger partial charge in [0.05, 0.1) is 17.6 Å². The highest BCUT2D eigenvalue weighted by Gasteiger charge is 2.14. The van der Waals surface area contributed by atoms with Gasteiger partial charge in [-0.15, -0.1) is 0 Å². The molecular weight excluding hydrogens is 266 g/mol. The summed E-state index contributed by atoms with van der Waals surface area (Å²) in [7, 11) is -1.73. The minimum absolute atomic E-state index is 0.0819. The van der Waals surface area contributed by atoms with E-state index in [1.54, 1.807) is 24.3 Å². The Morgan fingerprint density at radius 3 is 2.79 bits per heavy atom. The monoisotopic (exact) mass is 281 g/mol. The summed E-state index contributed by atoms with van der Waals surface area (Å²) in [5, 5.41) is 6.49. The number of hydrogen-bond acceptors (Lipinski definition) is 5. The SMILES string of the molecule is CNCc1cccc(S(=O)(=O)NCc2ccno2)c1. The molecule has 1 aromatic heterocycles. The maximum absolute atomic E-state index is 12.1. The molecule has 1 aromatic carbocycles. The fourth-order valence-electron chi connectivity index (χ4n) is 1.61. The predicted molar refractivity (Wildman–Crippen MR) is 69.7 cm³/mol. The molecule has 102 valence electrons. The Bertz CT molecular complexity index is 623. The van der Waals surface area contributed by atoms with Crippen molar-refractivity contribution >= 4 is 10.0 Å². The largest absolute Gasteiger partial charge is 0.360 e. The smallest absolute Gasteiger partial charge is 0.240 e. The predicted octanol–water partition coefficient (Wildman–Crippen LogP) is 0.872. The second-order valence-electron chi connectivity index (χ2n) is 3.98. The lowest BCUT2D eigenvalue weighted by Gasteiger charge is -2.07. The van der Waals surface area contributed by atoms with Gasteiger partial charge in [0.1, 0.15) is 0 Å². The van der Waals surface area contributed by atoms with Gasteiger partial charge in [0.2, 0.25) is 10.0 Å². The zero-order valence-electron chi connectivity index (χ0n) is 10.5. The van der Waals surface area contributed by atoms with Crippen LogP contribution in [0.4, 0.5) is 0 Å². The molecule has 0 saturated carbocycles. The van der Waals surface area contributed by atoms with Crippen LogP contribution < -0.4 is 10.0 Å². The summed E-state index contributed by atoms with van der Waals surface area (Å²) in [6.07, 6.45) is 1.47. The molecule has 2 rings (SSSR count). The van der Waals surface area contributed by atoms with Crippen molar-refractivity contribution in [3.05, 3.63) is 47.9 Å². The number of rotatable bonds is 6. The van der Waals surface area contributed by atoms with Gasteiger partial charge in [0.25, 0.3) is 0 Å². The first-order valence-corrected chi connectivity index (χ1v) is 7.23. The van der Waals surface area contributed by atoms with Gasteiger partial charge in [0, 0.05) is 12.6 Å². The maximum atomic E-state index is 12.1. The first kappa shape index (κ1) is 13.7. The quantitative estimate of drug-likeness (QED) is 0.821. The summed E-state index contributed by atoms with van der Waals surface area (Å²) >= 11 is 0. The number of nitrogens with zero attached hydrogens (tertiary/aromatic N) is 1. The lowest BCUT2D eigenvalue weighted by Crippen LogP contribution is -2.23. The third-order valence-electron chi connectivity index (χ3n) is 2.52. The van der Waals surface area contributed by atoms with Crippen LogP contribution >= 0.6 is 0 Å². The Balaban J connectivity index is 2.12. The molecule has 6 nitrogen and oxygen atoms in total. The number of hydrogen-bond donors (Lipinski definition) is 2. The van der Waals surface area contributed by atoms with E-state index < -0.39 is 10.0 Å². The van der Waals surface area contributed by atoms with Gasteiger partial charge in [-0.3, -0.25) is 0 Å². The van der Waals surface area contributed by atoms with Crippen molar-refractivity contribution in [1.29, 1.82) is 0 Å². The fraction of sp³-hybridized carbons (Fsp3) is 0.250. The van der Waals surface area contributed by atoms with Crippen molar-refractivity contribution in [2.24, 2.45) is 0 Å². The van der Waals surface area contributed by atoms with Crippen LogP contribution in [0.1, 0.15) is 11.3 Å². The Labute approximate surface area is 111 Å². The van der Waals surface area contributed by atoms with Gasteiger partial charge in [-0.1, -0.05) is 17.3 Å². The third-order valence-corrected chi connectivity index (χ3v) is 3.92. The summed E-state index contributed by atoms with van der Waals surface area (Å²) in [6.45, 7) is 0.698. The second-order valence-corrected chi connectivity index (χ2v) is 5.75. The van der Waals surface area contributed by atoms with Crippen molar-refractivity contribution in [2.45, 2.75) is 18.0 Å². The summed E-state index contributed by atoms with van der Waals surface area (Å²) < 4.78 is 31.5. The Kier molecular flexibility index (Phi) is 4.31. The van der Waals surface area contributed by atoms with Crippen LogP contribution in [-0.4, -0.2) is 20.6 Å². The molecule has 0 aliphatic carbocycles. The van der Waals surface area contributed by atoms with E-state index in [-0.39, 0.29) is 11.4 Å². The fourth-order valence-corrected chi connectivity index (χ4v) is 2.67. The zero-order chi connectivity index (χ0) is 13.7. The van der Waals surface area contributed by atoms with Gasteiger partial charge < -0.3 is 9.84 Å². The average molecular weight is 281 g/mol. The standard InChI is InChI=1S/C12H15N3O3S/c1-13-8-10-3-2-4-12(7-10)19(16,17)15-9-11-5-6-14-18-11/h2-7,13,15H,8-9H2,1H3. The zero-order valence-corrected chi connectivity index (χ0v) is 11.3. The van der Waals surface area contributed by atoms with Crippen LogP contribution in [0, 0.1) is 0 Å². The van der Waals surface area contributed by atoms with Crippen molar-refractivity contribution in [3.63, 3.8) is 0 Å². The highest BCUT2D eigenvalue weighted by atomic mass is 32.2. The molecule has 2 N–H and O–H groups in total. The lowest BCUT2D eigenvalue weighted by atomic mass is 10.2. The van der Waals surface area contributed by atoms with Crippen LogP contribution in [0.2, 0.25) is 0 Å². The molecule has 19 heavy (non-hydrogen) atoms. The normalized spacial score (nSPS) is 11.6. The molecule has 0 aliphatic heterocycles. The van der Waals surface area contributed by atoms with E-state index in [4.69, 9.17) is 4.52 Å². The van der Waals surface area contributed by atoms with E-state index in [2.05, 4.69) is 15.2 Å². The maximum Gasteiger partial charge on any atom is 0.240 e. The highest BCUT2D eigenvalue weighted by molar-refractivity contribution is 7.89. The molecule has 2 aromatic rings. The van der Waals surface area contributed by atoms with Gasteiger partial charge in [0.15, 0.2) is 5.76 Å². The van der Waals surface area contributed by atoms with Crippen LogP contribution in [0.3, 0.4) is 0 Å². The van der Waals surface area contributed by atoms with E-state index in [0.717, 1.165) is 5.56 Å². The van der Waals surface area contributed by atoms with Crippen LogP contribution in [0.15, 0.2) is 45.9 Å². The molecule has 0 saturated heterocycles. The average Bonchev–Trinajstić information content (AvgIpc) is 2.90. The summed E-state index contributed by atoms with van der Waals surface area (Å²) in [5.41, 5.74) is 0.907. The van der Waals surface area contributed by atoms with E-state index in [0.29, 0.717) is 12.3 Å². The lowest BCUT2D eigenvalue weighted by molar-refractivity contribution is 0.380. The number of nitrogens with one attached hydrogen (secondary N) is 2. The molecule has 0 radical (unpaired) electrons. The number of benzene rings is 1. The molecule has 0 spiro atoms. The van der Waals surface area contributed by atoms with Crippen molar-refractivity contribution in [1.82, 2.24) is 15.2 Å². The van der Waals surface area contributed by atoms with Gasteiger partial charge in [-0.25, -0.2) is 13.1 Å². The van der Waals surface area contributed by atoms with Gasteiger partial charge in [-0.2, -0.15) is 0 Å². The summed E-state index contributed by atoms with van der Waals surface area (Å²) in [5.74, 6) is 0.468. The minimum atomic E-state index is -3.54. The van der Waals surface area contributed by atoms with Crippen molar-refractivity contribution in [2.75, 3.05) is 7.05 Å². The highest BCUT2D eigenvalue weighted by Crippen LogP contribution is 2.12. The van der Waals surface area contributed by atoms with Crippen molar-refractivity contribution in [3.8, 4) is 0 Å². The van der Waals surface area contributed by atoms with Crippen molar-refractivity contribution < 1.29 is 12.9 Å². The van der Waals surface area contributed by atoms with Gasteiger partial charge >= 0.3 is 0 Å². The molecule has 7 heteroatoms. The Morgan fingerprint density at radius 1 is 1.26 bits per heavy atom. The molecule has 1 heterocycles. The van der Waals surface area contributed by atoms with Crippen LogP contribution in [0.5, 0.6) is 0 Å². The van der Waals surface area contributed by atoms with Crippen LogP contribution in [-0.2, 0) is 23.1 Å². The van der Waals surface area contributed by atoms with Gasteiger partial charge in [-0.05, 0) is 24.7 Å². The molecule has 0 fully saturated rings. The Morgan fingerprint density at radius 2 is 2.11 bits per heavy atom. The summed E-state index contributed by atoms with van der Waals surface area (Å²) in [4.78, 5) is 0.236. The molecular formula is C12H15N3O3S. The molecule has 0 bridgehead atoms. The number of aromatic nitrogens is 1. The summed E-state index contributed by atoms with van der Waals surface area (Å²) in [6, 6.07) is 8.39. The minimum Gasteiger partial charge on any atom is -0.360 e. The topological polar surface area (TPSA) is 84.2 Å². The Hall–Kier alpha value is -1.70.